The lowest BCUT2D eigenvalue weighted by atomic mass is 10.1. The smallest absolute Gasteiger partial charge is 0.119 e. The highest BCUT2D eigenvalue weighted by molar-refractivity contribution is 5.48. The summed E-state index contributed by atoms with van der Waals surface area (Å²) in [5.41, 5.74) is 3.21. The number of anilines is 1. The average molecular weight is 271 g/mol. The molecule has 3 heteroatoms. The summed E-state index contributed by atoms with van der Waals surface area (Å²) in [5.74, 6) is 0.152. The molecule has 0 heterocycles. The highest BCUT2D eigenvalue weighted by atomic mass is 16.3. The van der Waals surface area contributed by atoms with Crippen LogP contribution in [0, 0.1) is 0 Å². The van der Waals surface area contributed by atoms with Crippen LogP contribution in [0.2, 0.25) is 0 Å². The van der Waals surface area contributed by atoms with Crippen LogP contribution in [0.25, 0.3) is 0 Å². The van der Waals surface area contributed by atoms with Crippen molar-refractivity contribution in [1.82, 2.24) is 0 Å². The third-order valence-electron chi connectivity index (χ3n) is 3.30. The monoisotopic (exact) mass is 271 g/mol. The Morgan fingerprint density at radius 3 is 2.15 bits per heavy atom. The number of hydrogen-bond acceptors (Lipinski definition) is 3. The molecule has 0 bridgehead atoms. The van der Waals surface area contributed by atoms with Gasteiger partial charge in [0.25, 0.3) is 0 Å². The SMILES string of the molecule is CCCc1ccc(NC(C)c2cc(O)cc(O)c2)cc1. The summed E-state index contributed by atoms with van der Waals surface area (Å²) in [6, 6.07) is 13.0. The molecule has 2 aromatic rings. The Hall–Kier alpha value is -2.16. The molecule has 0 amide bonds. The van der Waals surface area contributed by atoms with Crippen molar-refractivity contribution in [3.63, 3.8) is 0 Å². The van der Waals surface area contributed by atoms with Crippen LogP contribution in [0.15, 0.2) is 42.5 Å². The summed E-state index contributed by atoms with van der Waals surface area (Å²) in [5, 5.41) is 22.4. The second-order valence-corrected chi connectivity index (χ2v) is 5.10. The normalized spacial score (nSPS) is 12.1. The van der Waals surface area contributed by atoms with E-state index in [2.05, 4.69) is 36.5 Å². The molecule has 0 aliphatic carbocycles. The topological polar surface area (TPSA) is 52.5 Å². The van der Waals surface area contributed by atoms with Crippen LogP contribution in [0.4, 0.5) is 5.69 Å². The van der Waals surface area contributed by atoms with Crippen molar-refractivity contribution in [2.45, 2.75) is 32.7 Å². The summed E-state index contributed by atoms with van der Waals surface area (Å²) >= 11 is 0. The maximum atomic E-state index is 9.52. The van der Waals surface area contributed by atoms with Crippen molar-refractivity contribution in [1.29, 1.82) is 0 Å². The zero-order valence-electron chi connectivity index (χ0n) is 11.9. The van der Waals surface area contributed by atoms with E-state index in [9.17, 15) is 10.2 Å². The molecular weight excluding hydrogens is 250 g/mol. The maximum absolute atomic E-state index is 9.52. The minimum Gasteiger partial charge on any atom is -0.508 e. The van der Waals surface area contributed by atoms with Gasteiger partial charge in [0, 0.05) is 17.8 Å². The van der Waals surface area contributed by atoms with Crippen molar-refractivity contribution in [3.8, 4) is 11.5 Å². The number of benzene rings is 2. The van der Waals surface area contributed by atoms with Crippen molar-refractivity contribution < 1.29 is 10.2 Å². The standard InChI is InChI=1S/C17H21NO2/c1-3-4-13-5-7-15(8-6-13)18-12(2)14-9-16(19)11-17(20)10-14/h5-12,18-20H,3-4H2,1-2H3. The third-order valence-corrected chi connectivity index (χ3v) is 3.30. The Morgan fingerprint density at radius 1 is 1.00 bits per heavy atom. The minimum absolute atomic E-state index is 0.00465. The number of nitrogens with one attached hydrogen (secondary N) is 1. The van der Waals surface area contributed by atoms with Gasteiger partial charge in [-0.2, -0.15) is 0 Å². The fourth-order valence-corrected chi connectivity index (χ4v) is 2.26. The van der Waals surface area contributed by atoms with E-state index in [1.807, 2.05) is 6.92 Å². The predicted octanol–water partition coefficient (Wildman–Crippen LogP) is 4.22. The molecule has 20 heavy (non-hydrogen) atoms. The molecule has 106 valence electrons. The van der Waals surface area contributed by atoms with Crippen LogP contribution in [0.1, 0.15) is 37.4 Å². The fraction of sp³-hybridized carbons (Fsp3) is 0.294. The molecule has 1 unspecified atom stereocenters. The van der Waals surface area contributed by atoms with Gasteiger partial charge in [0.2, 0.25) is 0 Å². The average Bonchev–Trinajstić information content (AvgIpc) is 2.40. The van der Waals surface area contributed by atoms with E-state index in [0.717, 1.165) is 24.1 Å². The molecule has 0 radical (unpaired) electrons. The van der Waals surface area contributed by atoms with Gasteiger partial charge in [-0.05, 0) is 48.7 Å². The summed E-state index contributed by atoms with van der Waals surface area (Å²) in [7, 11) is 0. The lowest BCUT2D eigenvalue weighted by Crippen LogP contribution is -2.06. The summed E-state index contributed by atoms with van der Waals surface area (Å²) in [4.78, 5) is 0. The number of aryl methyl sites for hydroxylation is 1. The zero-order valence-corrected chi connectivity index (χ0v) is 11.9. The lowest BCUT2D eigenvalue weighted by Gasteiger charge is -2.16. The van der Waals surface area contributed by atoms with Gasteiger partial charge >= 0.3 is 0 Å². The molecular formula is C17H21NO2. The van der Waals surface area contributed by atoms with Gasteiger partial charge in [0.05, 0.1) is 0 Å². The quantitative estimate of drug-likeness (QED) is 0.763. The zero-order chi connectivity index (χ0) is 14.5. The molecule has 1 atom stereocenters. The lowest BCUT2D eigenvalue weighted by molar-refractivity contribution is 0.448. The summed E-state index contributed by atoms with van der Waals surface area (Å²) in [6.45, 7) is 4.16. The number of rotatable bonds is 5. The van der Waals surface area contributed by atoms with Crippen molar-refractivity contribution in [2.24, 2.45) is 0 Å². The number of phenols is 2. The van der Waals surface area contributed by atoms with E-state index in [1.165, 1.54) is 11.6 Å². The fourth-order valence-electron chi connectivity index (χ4n) is 2.26. The van der Waals surface area contributed by atoms with Gasteiger partial charge in [0.15, 0.2) is 0 Å². The first-order valence-corrected chi connectivity index (χ1v) is 6.97. The van der Waals surface area contributed by atoms with Crippen LogP contribution in [-0.4, -0.2) is 10.2 Å². The highest BCUT2D eigenvalue weighted by Gasteiger charge is 2.08. The van der Waals surface area contributed by atoms with Gasteiger partial charge in [0.1, 0.15) is 11.5 Å². The van der Waals surface area contributed by atoms with Crippen molar-refractivity contribution in [3.05, 3.63) is 53.6 Å². The third kappa shape index (κ3) is 3.67. The minimum atomic E-state index is 0.00465. The first-order chi connectivity index (χ1) is 9.58. The first kappa shape index (κ1) is 14.3. The van der Waals surface area contributed by atoms with Gasteiger partial charge in [-0.25, -0.2) is 0 Å². The van der Waals surface area contributed by atoms with Crippen LogP contribution < -0.4 is 5.32 Å². The summed E-state index contributed by atoms with van der Waals surface area (Å²) in [6.07, 6.45) is 2.24. The molecule has 0 saturated carbocycles. The van der Waals surface area contributed by atoms with E-state index in [-0.39, 0.29) is 17.5 Å². The van der Waals surface area contributed by atoms with Gasteiger partial charge in [-0.1, -0.05) is 25.5 Å². The highest BCUT2D eigenvalue weighted by Crippen LogP contribution is 2.27. The Balaban J connectivity index is 2.08. The van der Waals surface area contributed by atoms with E-state index in [4.69, 9.17) is 0 Å². The van der Waals surface area contributed by atoms with E-state index >= 15 is 0 Å². The Bertz CT molecular complexity index is 543. The van der Waals surface area contributed by atoms with Crippen LogP contribution in [0.5, 0.6) is 11.5 Å². The van der Waals surface area contributed by atoms with Crippen LogP contribution >= 0.6 is 0 Å². The number of hydrogen-bond donors (Lipinski definition) is 3. The maximum Gasteiger partial charge on any atom is 0.119 e. The molecule has 0 saturated heterocycles. The van der Waals surface area contributed by atoms with E-state index in [0.29, 0.717) is 0 Å². The molecule has 0 spiro atoms. The second-order valence-electron chi connectivity index (χ2n) is 5.10. The van der Waals surface area contributed by atoms with E-state index in [1.54, 1.807) is 12.1 Å². The molecule has 0 fully saturated rings. The Labute approximate surface area is 119 Å². The molecule has 0 aliphatic heterocycles. The molecule has 2 aromatic carbocycles. The van der Waals surface area contributed by atoms with Gasteiger partial charge in [-0.3, -0.25) is 0 Å². The summed E-state index contributed by atoms with van der Waals surface area (Å²) < 4.78 is 0. The van der Waals surface area contributed by atoms with Gasteiger partial charge < -0.3 is 15.5 Å². The largest absolute Gasteiger partial charge is 0.508 e. The first-order valence-electron chi connectivity index (χ1n) is 6.97. The molecule has 0 aromatic heterocycles. The van der Waals surface area contributed by atoms with Crippen LogP contribution in [-0.2, 0) is 6.42 Å². The number of aromatic hydroxyl groups is 2. The second kappa shape index (κ2) is 6.33. The Kier molecular flexibility index (Phi) is 4.51. The molecule has 3 N–H and O–H groups in total. The molecule has 2 rings (SSSR count). The molecule has 0 aliphatic rings. The van der Waals surface area contributed by atoms with Crippen molar-refractivity contribution >= 4 is 5.69 Å². The Morgan fingerprint density at radius 2 is 1.60 bits per heavy atom. The van der Waals surface area contributed by atoms with Crippen molar-refractivity contribution in [2.75, 3.05) is 5.32 Å². The molecule has 3 nitrogen and oxygen atoms in total. The predicted molar refractivity (Wildman–Crippen MR) is 82.2 cm³/mol. The van der Waals surface area contributed by atoms with Crippen LogP contribution in [0.3, 0.4) is 0 Å². The van der Waals surface area contributed by atoms with Gasteiger partial charge in [-0.15, -0.1) is 0 Å². The number of phenolic OH excluding ortho intramolecular Hbond substituents is 2. The van der Waals surface area contributed by atoms with E-state index < -0.39 is 0 Å².